The lowest BCUT2D eigenvalue weighted by Gasteiger charge is -2.17. The molecular weight excluding hydrogens is 308 g/mol. The van der Waals surface area contributed by atoms with Crippen molar-refractivity contribution in [2.24, 2.45) is 0 Å². The Hall–Kier alpha value is -1.34. The molecule has 2 unspecified atom stereocenters. The highest BCUT2D eigenvalue weighted by molar-refractivity contribution is 7.09. The summed E-state index contributed by atoms with van der Waals surface area (Å²) >= 11 is 1.60. The third kappa shape index (κ3) is 5.14. The summed E-state index contributed by atoms with van der Waals surface area (Å²) in [5.41, 5.74) is 0.630. The van der Waals surface area contributed by atoms with Gasteiger partial charge in [-0.1, -0.05) is 12.1 Å². The summed E-state index contributed by atoms with van der Waals surface area (Å²) in [7, 11) is 0. The van der Waals surface area contributed by atoms with E-state index in [-0.39, 0.29) is 12.6 Å². The molecule has 2 aromatic rings. The van der Waals surface area contributed by atoms with Crippen LogP contribution in [0.2, 0.25) is 0 Å². The third-order valence-corrected chi connectivity index (χ3v) is 4.09. The van der Waals surface area contributed by atoms with Crippen LogP contribution in [0.4, 0.5) is 8.78 Å². The van der Waals surface area contributed by atoms with Gasteiger partial charge in [-0.05, 0) is 36.1 Å². The number of aliphatic hydroxyl groups is 1. The number of hydrogen-bond donors (Lipinski definition) is 2. The number of thiophene rings is 1. The molecule has 2 atom stereocenters. The van der Waals surface area contributed by atoms with E-state index in [1.807, 2.05) is 24.4 Å². The average molecular weight is 327 g/mol. The standard InChI is InChI=1S/C16H19F2NO2S/c1-11(12-4-5-15(17)16(18)7-12)19-8-13(20)9-21-10-14-3-2-6-22-14/h2-7,11,13,19-20H,8-10H2,1H3. The minimum absolute atomic E-state index is 0.193. The highest BCUT2D eigenvalue weighted by atomic mass is 32.1. The fourth-order valence-electron chi connectivity index (χ4n) is 1.96. The quantitative estimate of drug-likeness (QED) is 0.782. The molecule has 0 radical (unpaired) electrons. The van der Waals surface area contributed by atoms with E-state index < -0.39 is 17.7 Å². The van der Waals surface area contributed by atoms with Crippen LogP contribution in [0.1, 0.15) is 23.4 Å². The van der Waals surface area contributed by atoms with Crippen molar-refractivity contribution in [3.63, 3.8) is 0 Å². The molecule has 0 amide bonds. The smallest absolute Gasteiger partial charge is 0.159 e. The van der Waals surface area contributed by atoms with E-state index in [4.69, 9.17) is 4.74 Å². The van der Waals surface area contributed by atoms with Crippen LogP contribution in [-0.4, -0.2) is 24.4 Å². The Morgan fingerprint density at radius 2 is 2.09 bits per heavy atom. The highest BCUT2D eigenvalue weighted by Gasteiger charge is 2.11. The Morgan fingerprint density at radius 3 is 2.77 bits per heavy atom. The second-order valence-corrected chi connectivity index (χ2v) is 6.08. The molecule has 0 saturated carbocycles. The SMILES string of the molecule is CC(NCC(O)COCc1cccs1)c1ccc(F)c(F)c1. The molecule has 0 fully saturated rings. The predicted molar refractivity (Wildman–Crippen MR) is 82.8 cm³/mol. The van der Waals surface area contributed by atoms with E-state index in [0.29, 0.717) is 18.7 Å². The lowest BCUT2D eigenvalue weighted by atomic mass is 10.1. The number of halogens is 2. The van der Waals surface area contributed by atoms with Crippen molar-refractivity contribution in [3.8, 4) is 0 Å². The maximum absolute atomic E-state index is 13.2. The summed E-state index contributed by atoms with van der Waals surface area (Å²) in [5, 5.41) is 14.9. The second-order valence-electron chi connectivity index (χ2n) is 5.05. The van der Waals surface area contributed by atoms with Crippen molar-refractivity contribution >= 4 is 11.3 Å². The van der Waals surface area contributed by atoms with Gasteiger partial charge in [-0.2, -0.15) is 0 Å². The van der Waals surface area contributed by atoms with Crippen LogP contribution in [0, 0.1) is 11.6 Å². The number of nitrogens with one attached hydrogen (secondary N) is 1. The van der Waals surface area contributed by atoms with Crippen molar-refractivity contribution in [1.82, 2.24) is 5.32 Å². The van der Waals surface area contributed by atoms with Crippen molar-refractivity contribution in [2.45, 2.75) is 25.7 Å². The van der Waals surface area contributed by atoms with E-state index in [1.54, 1.807) is 11.3 Å². The van der Waals surface area contributed by atoms with Gasteiger partial charge < -0.3 is 15.2 Å². The normalized spacial score (nSPS) is 14.0. The van der Waals surface area contributed by atoms with Crippen molar-refractivity contribution < 1.29 is 18.6 Å². The Kier molecular flexibility index (Phi) is 6.45. The summed E-state index contributed by atoms with van der Waals surface area (Å²) in [5.74, 6) is -1.73. The van der Waals surface area contributed by atoms with Gasteiger partial charge in [0.05, 0.1) is 19.3 Å². The summed E-state index contributed by atoms with van der Waals surface area (Å²) in [4.78, 5) is 1.11. The van der Waals surface area contributed by atoms with Gasteiger partial charge in [0, 0.05) is 17.5 Å². The molecule has 0 aliphatic heterocycles. The first kappa shape index (κ1) is 17.0. The lowest BCUT2D eigenvalue weighted by Crippen LogP contribution is -2.32. The third-order valence-electron chi connectivity index (χ3n) is 3.24. The van der Waals surface area contributed by atoms with Crippen molar-refractivity contribution in [1.29, 1.82) is 0 Å². The summed E-state index contributed by atoms with van der Waals surface area (Å²) in [6, 6.07) is 7.51. The Bertz CT molecular complexity index is 578. The predicted octanol–water partition coefficient (Wildman–Crippen LogP) is 3.25. The van der Waals surface area contributed by atoms with Gasteiger partial charge >= 0.3 is 0 Å². The summed E-state index contributed by atoms with van der Waals surface area (Å²) in [6.45, 7) is 2.83. The number of hydrogen-bond acceptors (Lipinski definition) is 4. The van der Waals surface area contributed by atoms with Crippen molar-refractivity contribution in [2.75, 3.05) is 13.2 Å². The Morgan fingerprint density at radius 1 is 1.27 bits per heavy atom. The summed E-state index contributed by atoms with van der Waals surface area (Å²) in [6.07, 6.45) is -0.660. The van der Waals surface area contributed by atoms with Gasteiger partial charge in [0.25, 0.3) is 0 Å². The van der Waals surface area contributed by atoms with Gasteiger partial charge in [0.1, 0.15) is 0 Å². The van der Waals surface area contributed by atoms with Crippen LogP contribution in [-0.2, 0) is 11.3 Å². The molecule has 0 saturated heterocycles. The molecule has 22 heavy (non-hydrogen) atoms. The lowest BCUT2D eigenvalue weighted by molar-refractivity contribution is 0.0288. The van der Waals surface area contributed by atoms with Gasteiger partial charge in [-0.15, -0.1) is 11.3 Å². The zero-order valence-electron chi connectivity index (χ0n) is 12.3. The fourth-order valence-corrected chi connectivity index (χ4v) is 2.60. The first-order chi connectivity index (χ1) is 10.6. The van der Waals surface area contributed by atoms with Gasteiger partial charge in [-0.3, -0.25) is 0 Å². The molecule has 1 aromatic heterocycles. The van der Waals surface area contributed by atoms with E-state index in [2.05, 4.69) is 5.32 Å². The summed E-state index contributed by atoms with van der Waals surface area (Å²) < 4.78 is 31.5. The van der Waals surface area contributed by atoms with Crippen molar-refractivity contribution in [3.05, 3.63) is 57.8 Å². The molecule has 2 N–H and O–H groups in total. The van der Waals surface area contributed by atoms with Crippen LogP contribution in [0.15, 0.2) is 35.7 Å². The molecule has 2 rings (SSSR count). The number of aliphatic hydroxyl groups excluding tert-OH is 1. The highest BCUT2D eigenvalue weighted by Crippen LogP contribution is 2.16. The van der Waals surface area contributed by atoms with Crippen LogP contribution >= 0.6 is 11.3 Å². The first-order valence-corrected chi connectivity index (χ1v) is 7.90. The van der Waals surface area contributed by atoms with Crippen LogP contribution in [0.5, 0.6) is 0 Å². The number of rotatable bonds is 8. The molecule has 1 heterocycles. The minimum atomic E-state index is -0.869. The van der Waals surface area contributed by atoms with Crippen LogP contribution < -0.4 is 5.32 Å². The average Bonchev–Trinajstić information content (AvgIpc) is 3.01. The molecule has 0 spiro atoms. The van der Waals surface area contributed by atoms with E-state index in [1.165, 1.54) is 6.07 Å². The molecule has 1 aromatic carbocycles. The van der Waals surface area contributed by atoms with E-state index in [9.17, 15) is 13.9 Å². The molecule has 0 aliphatic carbocycles. The molecule has 6 heteroatoms. The molecule has 3 nitrogen and oxygen atoms in total. The van der Waals surface area contributed by atoms with E-state index >= 15 is 0 Å². The zero-order valence-corrected chi connectivity index (χ0v) is 13.1. The topological polar surface area (TPSA) is 41.5 Å². The molecule has 0 aliphatic rings. The molecular formula is C16H19F2NO2S. The Labute approximate surface area is 132 Å². The monoisotopic (exact) mass is 327 g/mol. The fraction of sp³-hybridized carbons (Fsp3) is 0.375. The second kappa shape index (κ2) is 8.33. The Balaban J connectivity index is 1.70. The molecule has 0 bridgehead atoms. The number of benzene rings is 1. The maximum atomic E-state index is 13.2. The minimum Gasteiger partial charge on any atom is -0.389 e. The molecule has 120 valence electrons. The first-order valence-electron chi connectivity index (χ1n) is 7.03. The zero-order chi connectivity index (χ0) is 15.9. The van der Waals surface area contributed by atoms with E-state index in [0.717, 1.165) is 17.0 Å². The van der Waals surface area contributed by atoms with Crippen LogP contribution in [0.25, 0.3) is 0 Å². The van der Waals surface area contributed by atoms with Gasteiger partial charge in [0.2, 0.25) is 0 Å². The van der Waals surface area contributed by atoms with Gasteiger partial charge in [-0.25, -0.2) is 8.78 Å². The van der Waals surface area contributed by atoms with Gasteiger partial charge in [0.15, 0.2) is 11.6 Å². The largest absolute Gasteiger partial charge is 0.389 e. The maximum Gasteiger partial charge on any atom is 0.159 e. The number of ether oxygens (including phenoxy) is 1. The van der Waals surface area contributed by atoms with Crippen LogP contribution in [0.3, 0.4) is 0 Å².